The summed E-state index contributed by atoms with van der Waals surface area (Å²) in [6, 6.07) is 12.1. The van der Waals surface area contributed by atoms with Crippen LogP contribution in [0.5, 0.6) is 5.75 Å². The van der Waals surface area contributed by atoms with Gasteiger partial charge in [-0.3, -0.25) is 9.69 Å². The summed E-state index contributed by atoms with van der Waals surface area (Å²) < 4.78 is 5.41. The SMILES string of the molecule is COc1ccccc1CCCN1CCN(C(=O)c2cccs2)CC1. The minimum absolute atomic E-state index is 0.179. The van der Waals surface area contributed by atoms with E-state index in [9.17, 15) is 4.79 Å². The predicted molar refractivity (Wildman–Crippen MR) is 98.0 cm³/mol. The summed E-state index contributed by atoms with van der Waals surface area (Å²) in [5.41, 5.74) is 1.27. The van der Waals surface area contributed by atoms with Crippen molar-refractivity contribution in [2.45, 2.75) is 12.8 Å². The van der Waals surface area contributed by atoms with Crippen LogP contribution in [0.25, 0.3) is 0 Å². The molecule has 1 aliphatic rings. The first-order valence-corrected chi connectivity index (χ1v) is 9.33. The number of ether oxygens (including phenoxy) is 1. The molecule has 5 heteroatoms. The highest BCUT2D eigenvalue weighted by atomic mass is 32.1. The van der Waals surface area contributed by atoms with Crippen LogP contribution >= 0.6 is 11.3 Å². The van der Waals surface area contributed by atoms with E-state index in [2.05, 4.69) is 17.0 Å². The molecule has 0 saturated carbocycles. The van der Waals surface area contributed by atoms with Gasteiger partial charge in [-0.05, 0) is 42.5 Å². The van der Waals surface area contributed by atoms with Gasteiger partial charge in [-0.15, -0.1) is 11.3 Å². The van der Waals surface area contributed by atoms with Gasteiger partial charge in [0.2, 0.25) is 0 Å². The molecular weight excluding hydrogens is 320 g/mol. The van der Waals surface area contributed by atoms with E-state index in [0.717, 1.165) is 56.2 Å². The Morgan fingerprint density at radius 3 is 2.62 bits per heavy atom. The number of carbonyl (C=O) groups is 1. The smallest absolute Gasteiger partial charge is 0.264 e. The second-order valence-electron chi connectivity index (χ2n) is 6.03. The second kappa shape index (κ2) is 8.31. The van der Waals surface area contributed by atoms with Crippen molar-refractivity contribution in [1.82, 2.24) is 9.80 Å². The van der Waals surface area contributed by atoms with Crippen molar-refractivity contribution < 1.29 is 9.53 Å². The minimum atomic E-state index is 0.179. The van der Waals surface area contributed by atoms with E-state index in [1.807, 2.05) is 34.5 Å². The van der Waals surface area contributed by atoms with E-state index in [0.29, 0.717) is 0 Å². The maximum Gasteiger partial charge on any atom is 0.264 e. The van der Waals surface area contributed by atoms with E-state index in [-0.39, 0.29) is 5.91 Å². The zero-order chi connectivity index (χ0) is 16.8. The predicted octanol–water partition coefficient (Wildman–Crippen LogP) is 3.15. The Kier molecular flexibility index (Phi) is 5.88. The van der Waals surface area contributed by atoms with Crippen molar-refractivity contribution in [3.63, 3.8) is 0 Å². The third kappa shape index (κ3) is 4.16. The lowest BCUT2D eigenvalue weighted by Crippen LogP contribution is -2.48. The molecule has 0 spiro atoms. The summed E-state index contributed by atoms with van der Waals surface area (Å²) in [7, 11) is 1.72. The molecule has 0 atom stereocenters. The quantitative estimate of drug-likeness (QED) is 0.807. The Bertz CT molecular complexity index is 649. The summed E-state index contributed by atoms with van der Waals surface area (Å²) >= 11 is 1.52. The molecule has 0 radical (unpaired) electrons. The number of hydrogen-bond acceptors (Lipinski definition) is 4. The number of hydrogen-bond donors (Lipinski definition) is 0. The van der Waals surface area contributed by atoms with Crippen molar-refractivity contribution in [3.8, 4) is 5.75 Å². The monoisotopic (exact) mass is 344 g/mol. The molecule has 1 aromatic heterocycles. The zero-order valence-electron chi connectivity index (χ0n) is 14.1. The van der Waals surface area contributed by atoms with Crippen LogP contribution in [0.3, 0.4) is 0 Å². The van der Waals surface area contributed by atoms with E-state index in [1.54, 1.807) is 7.11 Å². The molecular formula is C19H24N2O2S. The molecule has 0 bridgehead atoms. The van der Waals surface area contributed by atoms with E-state index in [4.69, 9.17) is 4.74 Å². The molecule has 128 valence electrons. The lowest BCUT2D eigenvalue weighted by Gasteiger charge is -2.34. The Labute approximate surface area is 147 Å². The number of thiophene rings is 1. The van der Waals surface area contributed by atoms with Gasteiger partial charge >= 0.3 is 0 Å². The lowest BCUT2D eigenvalue weighted by molar-refractivity contribution is 0.0641. The summed E-state index contributed by atoms with van der Waals surface area (Å²) in [4.78, 5) is 17.6. The first-order chi connectivity index (χ1) is 11.8. The van der Waals surface area contributed by atoms with Gasteiger partial charge in [0.15, 0.2) is 0 Å². The largest absolute Gasteiger partial charge is 0.496 e. The van der Waals surface area contributed by atoms with Crippen LogP contribution in [0.1, 0.15) is 21.7 Å². The van der Waals surface area contributed by atoms with Crippen molar-refractivity contribution in [2.75, 3.05) is 39.8 Å². The summed E-state index contributed by atoms with van der Waals surface area (Å²) in [5, 5.41) is 1.96. The van der Waals surface area contributed by atoms with Crippen LogP contribution in [-0.2, 0) is 6.42 Å². The number of aryl methyl sites for hydroxylation is 1. The number of para-hydroxylation sites is 1. The highest BCUT2D eigenvalue weighted by Crippen LogP contribution is 2.19. The molecule has 2 aromatic rings. The number of benzene rings is 1. The average molecular weight is 344 g/mol. The number of piperazine rings is 1. The maximum absolute atomic E-state index is 12.3. The number of nitrogens with zero attached hydrogens (tertiary/aromatic N) is 2. The molecule has 24 heavy (non-hydrogen) atoms. The molecule has 2 heterocycles. The summed E-state index contributed by atoms with van der Waals surface area (Å²) in [6.45, 7) is 4.64. The minimum Gasteiger partial charge on any atom is -0.496 e. The molecule has 1 aromatic carbocycles. The number of methoxy groups -OCH3 is 1. The zero-order valence-corrected chi connectivity index (χ0v) is 14.9. The standard InChI is InChI=1S/C19H24N2O2S/c1-23-17-8-3-2-6-16(17)7-4-10-20-11-13-21(14-12-20)19(22)18-9-5-15-24-18/h2-3,5-6,8-9,15H,4,7,10-14H2,1H3. The van der Waals surface area contributed by atoms with Gasteiger partial charge in [0.05, 0.1) is 12.0 Å². The molecule has 4 nitrogen and oxygen atoms in total. The van der Waals surface area contributed by atoms with Crippen molar-refractivity contribution in [3.05, 3.63) is 52.2 Å². The fourth-order valence-electron chi connectivity index (χ4n) is 3.13. The van der Waals surface area contributed by atoms with Crippen LogP contribution in [0.4, 0.5) is 0 Å². The third-order valence-electron chi connectivity index (χ3n) is 4.50. The molecule has 0 N–H and O–H groups in total. The summed E-state index contributed by atoms with van der Waals surface area (Å²) in [5.74, 6) is 1.16. The molecule has 0 unspecified atom stereocenters. The van der Waals surface area contributed by atoms with Crippen molar-refractivity contribution in [2.24, 2.45) is 0 Å². The Balaban J connectivity index is 1.42. The van der Waals surface area contributed by atoms with Crippen molar-refractivity contribution >= 4 is 17.2 Å². The van der Waals surface area contributed by atoms with Crippen LogP contribution in [0.15, 0.2) is 41.8 Å². The van der Waals surface area contributed by atoms with Gasteiger partial charge in [-0.25, -0.2) is 0 Å². The van der Waals surface area contributed by atoms with Crippen LogP contribution in [0, 0.1) is 0 Å². The van der Waals surface area contributed by atoms with Crippen molar-refractivity contribution in [1.29, 1.82) is 0 Å². The number of carbonyl (C=O) groups excluding carboxylic acids is 1. The fraction of sp³-hybridized carbons (Fsp3) is 0.421. The highest BCUT2D eigenvalue weighted by Gasteiger charge is 2.22. The van der Waals surface area contributed by atoms with E-state index < -0.39 is 0 Å². The van der Waals surface area contributed by atoms with Gasteiger partial charge in [0, 0.05) is 26.2 Å². The number of rotatable bonds is 6. The van der Waals surface area contributed by atoms with Gasteiger partial charge < -0.3 is 9.64 Å². The molecule has 1 fully saturated rings. The molecule has 1 amide bonds. The van der Waals surface area contributed by atoms with Crippen LogP contribution < -0.4 is 4.74 Å². The average Bonchev–Trinajstić information content (AvgIpc) is 3.17. The first-order valence-electron chi connectivity index (χ1n) is 8.45. The van der Waals surface area contributed by atoms with E-state index in [1.165, 1.54) is 16.9 Å². The Hall–Kier alpha value is -1.85. The number of amides is 1. The third-order valence-corrected chi connectivity index (χ3v) is 5.36. The normalized spacial score (nSPS) is 15.5. The Morgan fingerprint density at radius 2 is 1.92 bits per heavy atom. The lowest BCUT2D eigenvalue weighted by atomic mass is 10.1. The summed E-state index contributed by atoms with van der Waals surface area (Å²) in [6.07, 6.45) is 2.14. The van der Waals surface area contributed by atoms with Gasteiger partial charge in [0.1, 0.15) is 5.75 Å². The molecule has 1 aliphatic heterocycles. The van der Waals surface area contributed by atoms with Gasteiger partial charge in [-0.2, -0.15) is 0 Å². The molecule has 1 saturated heterocycles. The highest BCUT2D eigenvalue weighted by molar-refractivity contribution is 7.12. The van der Waals surface area contributed by atoms with E-state index >= 15 is 0 Å². The van der Waals surface area contributed by atoms with Crippen LogP contribution in [-0.4, -0.2) is 55.5 Å². The fourth-order valence-corrected chi connectivity index (χ4v) is 3.82. The Morgan fingerprint density at radius 1 is 1.12 bits per heavy atom. The second-order valence-corrected chi connectivity index (χ2v) is 6.97. The maximum atomic E-state index is 12.3. The first kappa shape index (κ1) is 17.0. The van der Waals surface area contributed by atoms with Crippen LogP contribution in [0.2, 0.25) is 0 Å². The topological polar surface area (TPSA) is 32.8 Å². The molecule has 0 aliphatic carbocycles. The van der Waals surface area contributed by atoms with Gasteiger partial charge in [0.25, 0.3) is 5.91 Å². The molecule has 3 rings (SSSR count). The van der Waals surface area contributed by atoms with Gasteiger partial charge in [-0.1, -0.05) is 24.3 Å².